The molecule has 0 saturated carbocycles. The van der Waals surface area contributed by atoms with Crippen LogP contribution in [-0.4, -0.2) is 5.91 Å². The van der Waals surface area contributed by atoms with Gasteiger partial charge in [0.1, 0.15) is 5.70 Å². The average molecular weight is 241 g/mol. The van der Waals surface area contributed by atoms with Crippen molar-refractivity contribution in [2.24, 2.45) is 5.73 Å². The van der Waals surface area contributed by atoms with Gasteiger partial charge in [0.25, 0.3) is 5.91 Å². The fourth-order valence-electron chi connectivity index (χ4n) is 1.68. The van der Waals surface area contributed by atoms with E-state index in [1.807, 2.05) is 0 Å². The second-order valence-electron chi connectivity index (χ2n) is 3.68. The summed E-state index contributed by atoms with van der Waals surface area (Å²) in [5.74, 6) is -0.743. The lowest BCUT2D eigenvalue weighted by molar-refractivity contribution is -0.137. The third kappa shape index (κ3) is 1.86. The molecule has 3 nitrogen and oxygen atoms in total. The van der Waals surface area contributed by atoms with Gasteiger partial charge < -0.3 is 5.73 Å². The number of amides is 1. The zero-order chi connectivity index (χ0) is 12.8. The van der Waals surface area contributed by atoms with E-state index in [1.54, 1.807) is 0 Å². The summed E-state index contributed by atoms with van der Waals surface area (Å²) in [6.45, 7) is 1.52. The number of carbonyl (C=O) groups is 1. The third-order valence-electron chi connectivity index (χ3n) is 2.55. The first-order valence-electron chi connectivity index (χ1n) is 4.74. The highest BCUT2D eigenvalue weighted by atomic mass is 19.4. The first-order valence-corrected chi connectivity index (χ1v) is 4.74. The fraction of sp³-hybridized carbons (Fsp3) is 0.182. The quantitative estimate of drug-likeness (QED) is 0.804. The Morgan fingerprint density at radius 2 is 2.00 bits per heavy atom. The third-order valence-corrected chi connectivity index (χ3v) is 2.55. The topological polar surface area (TPSA) is 57.2 Å². The lowest BCUT2D eigenvalue weighted by Crippen LogP contribution is -2.17. The Hall–Kier alpha value is -1.98. The maximum atomic E-state index is 12.5. The van der Waals surface area contributed by atoms with Gasteiger partial charge in [-0.05, 0) is 30.7 Å². The van der Waals surface area contributed by atoms with Crippen molar-refractivity contribution in [2.75, 3.05) is 0 Å². The predicted molar refractivity (Wildman–Crippen MR) is 55.0 cm³/mol. The van der Waals surface area contributed by atoms with Crippen molar-refractivity contribution in [3.05, 3.63) is 35.0 Å². The minimum atomic E-state index is -4.41. The molecule has 1 aromatic rings. The molecule has 0 aliphatic carbocycles. The molecule has 6 heteroatoms. The highest BCUT2D eigenvalue weighted by Gasteiger charge is 2.33. The number of benzene rings is 1. The van der Waals surface area contributed by atoms with Crippen LogP contribution in [0.15, 0.2) is 23.9 Å². The monoisotopic (exact) mass is 241 g/mol. The van der Waals surface area contributed by atoms with Gasteiger partial charge in [-0.3, -0.25) is 4.79 Å². The number of fused-ring (bicyclic) bond motifs is 1. The van der Waals surface area contributed by atoms with Gasteiger partial charge in [-0.15, -0.1) is 0 Å². The van der Waals surface area contributed by atoms with E-state index in [0.717, 1.165) is 12.1 Å². The normalized spacial score (nSPS) is 14.6. The number of nitrogens with zero attached hydrogens (tertiary/aromatic N) is 1. The number of carbonyl (C=O) groups excluding carboxylic acids is 1. The van der Waals surface area contributed by atoms with Crippen LogP contribution in [0.5, 0.6) is 0 Å². The molecular weight excluding hydrogens is 233 g/mol. The van der Waals surface area contributed by atoms with Crippen LogP contribution in [0.2, 0.25) is 0 Å². The van der Waals surface area contributed by atoms with Gasteiger partial charge in [-0.2, -0.15) is 13.2 Å². The summed E-state index contributed by atoms with van der Waals surface area (Å²) in [6.07, 6.45) is -4.41. The maximum absolute atomic E-state index is 12.5. The van der Waals surface area contributed by atoms with Crippen molar-refractivity contribution in [3.8, 4) is 0 Å². The van der Waals surface area contributed by atoms with E-state index in [9.17, 15) is 18.0 Å². The smallest absolute Gasteiger partial charge is 0.364 e. The second kappa shape index (κ2) is 3.51. The van der Waals surface area contributed by atoms with Crippen LogP contribution in [0.4, 0.5) is 18.9 Å². The molecule has 2 N–H and O–H groups in total. The number of halogens is 3. The predicted octanol–water partition coefficient (Wildman–Crippen LogP) is 2.17. The van der Waals surface area contributed by atoms with Crippen LogP contribution in [0.3, 0.4) is 0 Å². The number of primary amides is 1. The molecular formula is C11H8F3N2O. The van der Waals surface area contributed by atoms with Crippen LogP contribution < -0.4 is 11.1 Å². The standard InChI is InChI=1S/C11H8F3N2O/c1-5-7-4-6(11(12,13)14)2-3-8(7)16-9(5)10(15)17/h2-4H,1H3,(H2,15,17). The Morgan fingerprint density at radius 1 is 1.35 bits per heavy atom. The van der Waals surface area contributed by atoms with Gasteiger partial charge in [0.2, 0.25) is 0 Å². The van der Waals surface area contributed by atoms with Gasteiger partial charge in [0.15, 0.2) is 0 Å². The Morgan fingerprint density at radius 3 is 2.53 bits per heavy atom. The number of hydrogen-bond donors (Lipinski definition) is 1. The van der Waals surface area contributed by atoms with E-state index < -0.39 is 17.6 Å². The zero-order valence-electron chi connectivity index (χ0n) is 8.80. The Balaban J connectivity index is 2.52. The maximum Gasteiger partial charge on any atom is 0.416 e. The van der Waals surface area contributed by atoms with Crippen LogP contribution in [-0.2, 0) is 11.0 Å². The summed E-state index contributed by atoms with van der Waals surface area (Å²) >= 11 is 0. The van der Waals surface area contributed by atoms with Crippen molar-refractivity contribution < 1.29 is 18.0 Å². The second-order valence-corrected chi connectivity index (χ2v) is 3.68. The molecule has 1 heterocycles. The summed E-state index contributed by atoms with van der Waals surface area (Å²) in [7, 11) is 0. The molecule has 89 valence electrons. The van der Waals surface area contributed by atoms with Crippen LogP contribution in [0.1, 0.15) is 18.1 Å². The van der Waals surface area contributed by atoms with E-state index in [-0.39, 0.29) is 5.70 Å². The summed E-state index contributed by atoms with van der Waals surface area (Å²) in [6, 6.07) is 3.14. The largest absolute Gasteiger partial charge is 0.416 e. The first kappa shape index (κ1) is 11.5. The molecule has 1 amide bonds. The van der Waals surface area contributed by atoms with Crippen molar-refractivity contribution in [2.45, 2.75) is 13.1 Å². The summed E-state index contributed by atoms with van der Waals surface area (Å²) in [5, 5.41) is 3.89. The van der Waals surface area contributed by atoms with Crippen molar-refractivity contribution in [1.29, 1.82) is 0 Å². The molecule has 1 aliphatic heterocycles. The Labute approximate surface area is 95.1 Å². The molecule has 1 aromatic carbocycles. The van der Waals surface area contributed by atoms with E-state index in [0.29, 0.717) is 16.8 Å². The molecule has 0 fully saturated rings. The van der Waals surface area contributed by atoms with E-state index in [4.69, 9.17) is 5.73 Å². The minimum absolute atomic E-state index is 0.0133. The number of alkyl halides is 3. The molecule has 0 spiro atoms. The number of rotatable bonds is 1. The van der Waals surface area contributed by atoms with Gasteiger partial charge in [0, 0.05) is 5.56 Å². The molecule has 0 bridgehead atoms. The average Bonchev–Trinajstić information content (AvgIpc) is 2.54. The SMILES string of the molecule is CC1=C(C(N)=O)[N]c2ccc(C(F)(F)F)cc21. The highest BCUT2D eigenvalue weighted by molar-refractivity contribution is 6.04. The van der Waals surface area contributed by atoms with Crippen LogP contribution in [0.25, 0.3) is 5.57 Å². The van der Waals surface area contributed by atoms with E-state index in [1.165, 1.54) is 13.0 Å². The molecule has 1 radical (unpaired) electrons. The van der Waals surface area contributed by atoms with Crippen molar-refractivity contribution in [1.82, 2.24) is 5.32 Å². The Kier molecular flexibility index (Phi) is 2.38. The lowest BCUT2D eigenvalue weighted by atomic mass is 10.0. The van der Waals surface area contributed by atoms with Crippen LogP contribution >= 0.6 is 0 Å². The van der Waals surface area contributed by atoms with Gasteiger partial charge in [0.05, 0.1) is 11.3 Å². The van der Waals surface area contributed by atoms with Gasteiger partial charge in [-0.25, -0.2) is 5.32 Å². The van der Waals surface area contributed by atoms with Crippen LogP contribution in [0, 0.1) is 0 Å². The fourth-order valence-corrected chi connectivity index (χ4v) is 1.68. The van der Waals surface area contributed by atoms with Gasteiger partial charge >= 0.3 is 6.18 Å². The number of nitrogens with two attached hydrogens (primary N) is 1. The molecule has 17 heavy (non-hydrogen) atoms. The Bertz CT molecular complexity index is 532. The molecule has 2 rings (SSSR count). The molecule has 0 unspecified atom stereocenters. The summed E-state index contributed by atoms with van der Waals surface area (Å²) in [4.78, 5) is 11.0. The minimum Gasteiger partial charge on any atom is -0.364 e. The zero-order valence-corrected chi connectivity index (χ0v) is 8.80. The molecule has 0 atom stereocenters. The summed E-state index contributed by atoms with van der Waals surface area (Å²) in [5.41, 5.74) is 5.34. The van der Waals surface area contributed by atoms with E-state index >= 15 is 0 Å². The molecule has 1 aliphatic rings. The number of hydrogen-bond acceptors (Lipinski definition) is 1. The van der Waals surface area contributed by atoms with Gasteiger partial charge in [-0.1, -0.05) is 0 Å². The van der Waals surface area contributed by atoms with Crippen molar-refractivity contribution >= 4 is 17.2 Å². The van der Waals surface area contributed by atoms with E-state index in [2.05, 4.69) is 5.32 Å². The highest BCUT2D eigenvalue weighted by Crippen LogP contribution is 2.38. The first-order chi connectivity index (χ1) is 7.80. The molecule has 0 saturated heterocycles. The van der Waals surface area contributed by atoms with Crippen molar-refractivity contribution in [3.63, 3.8) is 0 Å². The number of allylic oxidation sites excluding steroid dienone is 1. The lowest BCUT2D eigenvalue weighted by Gasteiger charge is -2.08. The molecule has 0 aromatic heterocycles. The summed E-state index contributed by atoms with van der Waals surface area (Å²) < 4.78 is 37.5.